The fourth-order valence-corrected chi connectivity index (χ4v) is 2.23. The first-order valence-electron chi connectivity index (χ1n) is 7.05. The van der Waals surface area contributed by atoms with Gasteiger partial charge in [0.1, 0.15) is 12.4 Å². The molecule has 2 rings (SSSR count). The maximum atomic E-state index is 5.39. The van der Waals surface area contributed by atoms with Gasteiger partial charge in [0.05, 0.1) is 13.7 Å². The Morgan fingerprint density at radius 1 is 1.15 bits per heavy atom. The molecule has 0 aliphatic carbocycles. The largest absolute Gasteiger partial charge is 1.00 e. The van der Waals surface area contributed by atoms with E-state index in [-0.39, 0.29) is 24.0 Å². The zero-order chi connectivity index (χ0) is 13.5. The van der Waals surface area contributed by atoms with Crippen LogP contribution in [0.1, 0.15) is 32.6 Å². The standard InChI is InChI=1S/C16H23N2O.HI/c1-3-4-5-8-11-17-12-13-18(14-17)15-9-6-7-10-16(15)19-2;/h6-7,9-10,12-14H,3-5,8,11H2,1-2H3;1H/q+1;/p-1. The number of halogens is 1. The molecule has 1 aromatic carbocycles. The molecule has 0 atom stereocenters. The maximum absolute atomic E-state index is 5.39. The number of imidazole rings is 1. The average Bonchev–Trinajstić information content (AvgIpc) is 2.92. The lowest BCUT2D eigenvalue weighted by Crippen LogP contribution is -3.00. The summed E-state index contributed by atoms with van der Waals surface area (Å²) in [6.45, 7) is 3.33. The SMILES string of the molecule is CCCCCCn1cc[n+](-c2ccccc2OC)c1.[I-]. The minimum Gasteiger partial charge on any atom is -1.00 e. The molecule has 0 unspecified atom stereocenters. The van der Waals surface area contributed by atoms with Gasteiger partial charge < -0.3 is 28.7 Å². The summed E-state index contributed by atoms with van der Waals surface area (Å²) in [5, 5.41) is 0. The van der Waals surface area contributed by atoms with Crippen LogP contribution in [0.4, 0.5) is 0 Å². The first kappa shape index (κ1) is 17.0. The molecule has 0 spiro atoms. The molecule has 0 aliphatic heterocycles. The highest BCUT2D eigenvalue weighted by Crippen LogP contribution is 2.16. The number of aryl methyl sites for hydroxylation is 1. The summed E-state index contributed by atoms with van der Waals surface area (Å²) < 4.78 is 9.74. The van der Waals surface area contributed by atoms with Crippen LogP contribution in [0.5, 0.6) is 5.75 Å². The summed E-state index contributed by atoms with van der Waals surface area (Å²) in [6, 6.07) is 8.08. The summed E-state index contributed by atoms with van der Waals surface area (Å²) in [5.41, 5.74) is 1.08. The topological polar surface area (TPSA) is 18.0 Å². The molecule has 0 bridgehead atoms. The minimum atomic E-state index is 0. The van der Waals surface area contributed by atoms with Gasteiger partial charge >= 0.3 is 0 Å². The van der Waals surface area contributed by atoms with Gasteiger partial charge in [-0.3, -0.25) is 0 Å². The molecule has 0 fully saturated rings. The van der Waals surface area contributed by atoms with Gasteiger partial charge in [0.2, 0.25) is 6.33 Å². The monoisotopic (exact) mass is 386 g/mol. The number of para-hydroxylation sites is 2. The van der Waals surface area contributed by atoms with Crippen LogP contribution in [0.3, 0.4) is 0 Å². The second kappa shape index (κ2) is 9.00. The van der Waals surface area contributed by atoms with Gasteiger partial charge in [0, 0.05) is 0 Å². The normalized spacial score (nSPS) is 10.1. The second-order valence-corrected chi connectivity index (χ2v) is 4.79. The van der Waals surface area contributed by atoms with Gasteiger partial charge in [0.15, 0.2) is 11.4 Å². The lowest BCUT2D eigenvalue weighted by Gasteiger charge is -2.03. The van der Waals surface area contributed by atoms with Crippen molar-refractivity contribution in [3.63, 3.8) is 0 Å². The Bertz CT molecular complexity index is 511. The van der Waals surface area contributed by atoms with E-state index in [2.05, 4.69) is 40.8 Å². The molecule has 1 aromatic heterocycles. The smallest absolute Gasteiger partial charge is 0.249 e. The van der Waals surface area contributed by atoms with Crippen molar-refractivity contribution >= 4 is 0 Å². The molecule has 0 amide bonds. The Hall–Kier alpha value is -1.04. The van der Waals surface area contributed by atoms with Crippen molar-refractivity contribution < 1.29 is 33.3 Å². The Labute approximate surface area is 138 Å². The lowest BCUT2D eigenvalue weighted by molar-refractivity contribution is -0.595. The third kappa shape index (κ3) is 4.51. The third-order valence-corrected chi connectivity index (χ3v) is 3.32. The van der Waals surface area contributed by atoms with Crippen LogP contribution in [0, 0.1) is 0 Å². The van der Waals surface area contributed by atoms with Crippen LogP contribution >= 0.6 is 0 Å². The summed E-state index contributed by atoms with van der Waals surface area (Å²) in [6.07, 6.45) is 11.5. The van der Waals surface area contributed by atoms with E-state index in [1.54, 1.807) is 7.11 Å². The maximum Gasteiger partial charge on any atom is 0.249 e. The molecule has 1 heterocycles. The summed E-state index contributed by atoms with van der Waals surface area (Å²) in [4.78, 5) is 0. The molecular formula is C16H23IN2O. The Balaban J connectivity index is 0.00000200. The predicted molar refractivity (Wildman–Crippen MR) is 76.7 cm³/mol. The van der Waals surface area contributed by atoms with Crippen LogP contribution in [0.15, 0.2) is 43.0 Å². The zero-order valence-electron chi connectivity index (χ0n) is 12.3. The Kier molecular flexibility index (Phi) is 7.65. The van der Waals surface area contributed by atoms with Crippen molar-refractivity contribution in [3.05, 3.63) is 43.0 Å². The molecule has 4 heteroatoms. The van der Waals surface area contributed by atoms with Gasteiger partial charge in [-0.25, -0.2) is 4.57 Å². The number of nitrogens with zero attached hydrogens (tertiary/aromatic N) is 2. The molecule has 0 radical (unpaired) electrons. The van der Waals surface area contributed by atoms with E-state index >= 15 is 0 Å². The lowest BCUT2D eigenvalue weighted by atomic mass is 10.2. The zero-order valence-corrected chi connectivity index (χ0v) is 14.4. The molecule has 110 valence electrons. The molecule has 2 aromatic rings. The van der Waals surface area contributed by atoms with Crippen molar-refractivity contribution in [2.24, 2.45) is 0 Å². The van der Waals surface area contributed by atoms with Gasteiger partial charge in [-0.05, 0) is 25.0 Å². The summed E-state index contributed by atoms with van der Waals surface area (Å²) in [5.74, 6) is 0.899. The van der Waals surface area contributed by atoms with Crippen LogP contribution < -0.4 is 33.3 Å². The first-order chi connectivity index (χ1) is 9.35. The molecule has 0 N–H and O–H groups in total. The number of rotatable bonds is 7. The first-order valence-corrected chi connectivity index (χ1v) is 7.05. The van der Waals surface area contributed by atoms with E-state index in [1.807, 2.05) is 18.2 Å². The molecule has 0 saturated carbocycles. The van der Waals surface area contributed by atoms with Gasteiger partial charge in [-0.15, -0.1) is 0 Å². The van der Waals surface area contributed by atoms with Crippen molar-refractivity contribution in [3.8, 4) is 11.4 Å². The Morgan fingerprint density at radius 3 is 2.70 bits per heavy atom. The fourth-order valence-electron chi connectivity index (χ4n) is 2.23. The van der Waals surface area contributed by atoms with Crippen LogP contribution in [0.25, 0.3) is 5.69 Å². The number of ether oxygens (including phenoxy) is 1. The van der Waals surface area contributed by atoms with Gasteiger partial charge in [-0.1, -0.05) is 31.9 Å². The number of hydrogen-bond acceptors (Lipinski definition) is 1. The predicted octanol–water partition coefficient (Wildman–Crippen LogP) is 0.358. The van der Waals surface area contributed by atoms with Crippen LogP contribution in [-0.4, -0.2) is 11.7 Å². The van der Waals surface area contributed by atoms with E-state index in [1.165, 1.54) is 25.7 Å². The van der Waals surface area contributed by atoms with E-state index in [0.29, 0.717) is 0 Å². The van der Waals surface area contributed by atoms with E-state index in [4.69, 9.17) is 4.74 Å². The molecule has 0 saturated heterocycles. The van der Waals surface area contributed by atoms with Crippen LogP contribution in [-0.2, 0) is 6.54 Å². The fraction of sp³-hybridized carbons (Fsp3) is 0.438. The van der Waals surface area contributed by atoms with Crippen molar-refractivity contribution in [2.45, 2.75) is 39.2 Å². The van der Waals surface area contributed by atoms with Gasteiger partial charge in [0.25, 0.3) is 0 Å². The summed E-state index contributed by atoms with van der Waals surface area (Å²) >= 11 is 0. The van der Waals surface area contributed by atoms with Crippen molar-refractivity contribution in [1.29, 1.82) is 0 Å². The van der Waals surface area contributed by atoms with Gasteiger partial charge in [-0.2, -0.15) is 4.57 Å². The van der Waals surface area contributed by atoms with Crippen molar-refractivity contribution in [1.82, 2.24) is 4.57 Å². The average molecular weight is 386 g/mol. The number of benzene rings is 1. The highest BCUT2D eigenvalue weighted by molar-refractivity contribution is 5.39. The number of methoxy groups -OCH3 is 1. The molecular weight excluding hydrogens is 363 g/mol. The highest BCUT2D eigenvalue weighted by Gasteiger charge is 2.10. The third-order valence-electron chi connectivity index (χ3n) is 3.32. The summed E-state index contributed by atoms with van der Waals surface area (Å²) in [7, 11) is 1.71. The number of unbranched alkanes of at least 4 members (excludes halogenated alkanes) is 3. The molecule has 3 nitrogen and oxygen atoms in total. The number of aromatic nitrogens is 2. The van der Waals surface area contributed by atoms with E-state index in [0.717, 1.165) is 18.0 Å². The second-order valence-electron chi connectivity index (χ2n) is 4.79. The highest BCUT2D eigenvalue weighted by atomic mass is 127. The quantitative estimate of drug-likeness (QED) is 0.382. The minimum absolute atomic E-state index is 0. The number of hydrogen-bond donors (Lipinski definition) is 0. The molecule has 20 heavy (non-hydrogen) atoms. The van der Waals surface area contributed by atoms with Crippen LogP contribution in [0.2, 0.25) is 0 Å². The molecule has 0 aliphatic rings. The van der Waals surface area contributed by atoms with E-state index < -0.39 is 0 Å². The Morgan fingerprint density at radius 2 is 1.95 bits per heavy atom. The van der Waals surface area contributed by atoms with E-state index in [9.17, 15) is 0 Å². The van der Waals surface area contributed by atoms with Crippen molar-refractivity contribution in [2.75, 3.05) is 7.11 Å².